The van der Waals surface area contributed by atoms with Gasteiger partial charge in [0.15, 0.2) is 6.10 Å². The lowest BCUT2D eigenvalue weighted by Crippen LogP contribution is -2.30. The van der Waals surface area contributed by atoms with E-state index >= 15 is 0 Å². The van der Waals surface area contributed by atoms with Crippen LogP contribution in [0.1, 0.15) is 342 Å². The number of hydrogen-bond donors (Lipinski definition) is 4. The number of carbonyl (C=O) groups excluding carboxylic acids is 3. The molecule has 0 heterocycles. The standard InChI is InChI=1S/C91H154O16P2/c1-4-7-10-13-16-19-22-25-28-31-33-35-37-38-39-40-41-42-43-44-45-46-48-50-51-54-56-59-62-65-68-71-74-77-89(94)101-80-86(92)81-103-108(97,98)104-82-87(93)83-105-109(99,100)106-85-88(107-91(96)79-76-73-70-67-64-61-58-53-30-27-24-21-18-15-12-9-6-3)84-102-90(95)78-75-72-69-66-63-60-57-55-52-49-47-36-34-32-29-26-23-20-17-14-11-8-5-2/h9,12,16-21,25-30,33-36,38-39,49,52,58,61,67,70,86-88,92-93H,4-8,10-11,13-15,22-24,31-32,37,40-48,50-51,53-57,59-60,62-66,68-69,71-85H2,1-3H3,(H,97,98)(H,99,100)/b12-9-,19-16-,20-17-,21-18-,28-25-,29-26-,30-27-,35-33-,36-34-,39-38-,52-49-,61-58-,70-67-. The Morgan fingerprint density at radius 2 is 0.495 bits per heavy atom. The van der Waals surface area contributed by atoms with Gasteiger partial charge in [0.2, 0.25) is 0 Å². The minimum Gasteiger partial charge on any atom is -0.463 e. The van der Waals surface area contributed by atoms with E-state index in [0.717, 1.165) is 135 Å². The van der Waals surface area contributed by atoms with E-state index in [1.165, 1.54) is 141 Å². The molecule has 0 amide bonds. The van der Waals surface area contributed by atoms with E-state index < -0.39 is 91.5 Å². The van der Waals surface area contributed by atoms with Crippen LogP contribution < -0.4 is 0 Å². The number of esters is 3. The van der Waals surface area contributed by atoms with Crippen molar-refractivity contribution in [1.29, 1.82) is 0 Å². The first-order chi connectivity index (χ1) is 53.2. The Kier molecular flexibility index (Phi) is 79.0. The van der Waals surface area contributed by atoms with Crippen molar-refractivity contribution in [3.8, 4) is 0 Å². The number of hydrogen-bond acceptors (Lipinski definition) is 14. The molecule has 0 aliphatic carbocycles. The van der Waals surface area contributed by atoms with Gasteiger partial charge in [0.25, 0.3) is 0 Å². The molecule has 4 N–H and O–H groups in total. The molecule has 0 aromatic heterocycles. The van der Waals surface area contributed by atoms with Crippen LogP contribution in [0.4, 0.5) is 0 Å². The summed E-state index contributed by atoms with van der Waals surface area (Å²) in [6.45, 7) is 2.45. The predicted octanol–water partition coefficient (Wildman–Crippen LogP) is 25.8. The molecular formula is C91H154O16P2. The topological polar surface area (TPSA) is 231 Å². The molecule has 18 heteroatoms. The fourth-order valence-electron chi connectivity index (χ4n) is 11.2. The van der Waals surface area contributed by atoms with Gasteiger partial charge in [-0.25, -0.2) is 9.13 Å². The molecule has 0 aliphatic heterocycles. The average molecular weight is 1570 g/mol. The quantitative estimate of drug-likeness (QED) is 0.0146. The number of allylic oxidation sites excluding steroid dienone is 26. The number of ether oxygens (including phenoxy) is 3. The third-order valence-corrected chi connectivity index (χ3v) is 19.6. The maximum absolute atomic E-state index is 13.0. The average Bonchev–Trinajstić information content (AvgIpc) is 0.903. The zero-order valence-electron chi connectivity index (χ0n) is 68.4. The lowest BCUT2D eigenvalue weighted by molar-refractivity contribution is -0.161. The van der Waals surface area contributed by atoms with Crippen molar-refractivity contribution in [2.24, 2.45) is 0 Å². The summed E-state index contributed by atoms with van der Waals surface area (Å²) in [6.07, 6.45) is 105. The van der Waals surface area contributed by atoms with Gasteiger partial charge in [-0.15, -0.1) is 0 Å². The number of aliphatic hydroxyl groups is 2. The number of phosphoric ester groups is 2. The molecule has 16 nitrogen and oxygen atoms in total. The first-order valence-electron chi connectivity index (χ1n) is 42.8. The number of aliphatic hydroxyl groups excluding tert-OH is 2. The van der Waals surface area contributed by atoms with Crippen LogP contribution in [0.15, 0.2) is 158 Å². The van der Waals surface area contributed by atoms with Gasteiger partial charge < -0.3 is 34.2 Å². The van der Waals surface area contributed by atoms with Gasteiger partial charge in [0.1, 0.15) is 25.4 Å². The van der Waals surface area contributed by atoms with E-state index in [2.05, 4.69) is 167 Å². The van der Waals surface area contributed by atoms with E-state index in [-0.39, 0.29) is 19.3 Å². The third-order valence-electron chi connectivity index (χ3n) is 17.7. The molecular weight excluding hydrogens is 1410 g/mol. The van der Waals surface area contributed by atoms with Gasteiger partial charge in [-0.3, -0.25) is 32.5 Å². The highest BCUT2D eigenvalue weighted by molar-refractivity contribution is 7.47. The smallest absolute Gasteiger partial charge is 0.463 e. The molecule has 0 bridgehead atoms. The molecule has 0 aliphatic rings. The largest absolute Gasteiger partial charge is 0.472 e. The van der Waals surface area contributed by atoms with Gasteiger partial charge in [0, 0.05) is 19.3 Å². The second-order valence-electron chi connectivity index (χ2n) is 28.2. The summed E-state index contributed by atoms with van der Waals surface area (Å²) in [5.74, 6) is -1.66. The van der Waals surface area contributed by atoms with Gasteiger partial charge in [-0.1, -0.05) is 333 Å². The highest BCUT2D eigenvalue weighted by Crippen LogP contribution is 2.45. The number of unbranched alkanes of at least 4 members (excludes halogenated alkanes) is 31. The van der Waals surface area contributed by atoms with Crippen molar-refractivity contribution in [2.45, 2.75) is 360 Å². The van der Waals surface area contributed by atoms with Gasteiger partial charge in [0.05, 0.1) is 26.4 Å². The highest BCUT2D eigenvalue weighted by Gasteiger charge is 2.29. The molecule has 624 valence electrons. The molecule has 0 saturated heterocycles. The van der Waals surface area contributed by atoms with Crippen LogP contribution in [0, 0.1) is 0 Å². The number of rotatable bonds is 80. The molecule has 0 aromatic rings. The Labute approximate surface area is 663 Å². The van der Waals surface area contributed by atoms with E-state index in [9.17, 15) is 43.5 Å². The summed E-state index contributed by atoms with van der Waals surface area (Å²) < 4.78 is 61.2. The van der Waals surface area contributed by atoms with Crippen molar-refractivity contribution < 1.29 is 75.8 Å². The lowest BCUT2D eigenvalue weighted by atomic mass is 10.0. The minimum atomic E-state index is -4.96. The molecule has 0 rings (SSSR count). The summed E-state index contributed by atoms with van der Waals surface area (Å²) in [4.78, 5) is 58.8. The summed E-state index contributed by atoms with van der Waals surface area (Å²) in [5, 5.41) is 20.7. The first-order valence-corrected chi connectivity index (χ1v) is 45.8. The van der Waals surface area contributed by atoms with E-state index in [0.29, 0.717) is 25.7 Å². The van der Waals surface area contributed by atoms with E-state index in [1.54, 1.807) is 0 Å². The van der Waals surface area contributed by atoms with Crippen LogP contribution in [0.2, 0.25) is 0 Å². The summed E-state index contributed by atoms with van der Waals surface area (Å²) in [5.41, 5.74) is 0. The summed E-state index contributed by atoms with van der Waals surface area (Å²) in [7, 11) is -9.83. The van der Waals surface area contributed by atoms with E-state index in [1.807, 2.05) is 12.2 Å². The fourth-order valence-corrected chi connectivity index (χ4v) is 12.8. The Morgan fingerprint density at radius 1 is 0.266 bits per heavy atom. The molecule has 0 radical (unpaired) electrons. The van der Waals surface area contributed by atoms with Crippen LogP contribution in [0.3, 0.4) is 0 Å². The minimum absolute atomic E-state index is 0.0192. The number of phosphoric acid groups is 2. The summed E-state index contributed by atoms with van der Waals surface area (Å²) in [6, 6.07) is 0. The van der Waals surface area contributed by atoms with Crippen molar-refractivity contribution in [3.05, 3.63) is 158 Å². The Balaban J connectivity index is 4.54. The molecule has 0 aromatic carbocycles. The second kappa shape index (κ2) is 82.6. The molecule has 5 atom stereocenters. The molecule has 109 heavy (non-hydrogen) atoms. The SMILES string of the molecule is CC/C=C\C/C=C\C/C=C\C/C=C\C/C=C\CCCC(=O)OC(COC(=O)CCCCCCCCC/C=C\C/C=C\C/C=C\C/C=C\CCCCC)COP(=O)(O)OCC(O)COP(=O)(O)OCC(O)COC(=O)CCCCCCCCCCCCCCCCCCC/C=C\C/C=C\C/C=C\C/C=C\CCCCC. The zero-order valence-corrected chi connectivity index (χ0v) is 70.2. The van der Waals surface area contributed by atoms with Crippen LogP contribution in [0.25, 0.3) is 0 Å². The fraction of sp³-hybridized carbons (Fsp3) is 0.681. The normalized spacial score (nSPS) is 14.7. The van der Waals surface area contributed by atoms with Gasteiger partial charge in [-0.2, -0.15) is 0 Å². The number of carbonyl (C=O) groups is 3. The van der Waals surface area contributed by atoms with Crippen LogP contribution >= 0.6 is 15.6 Å². The zero-order chi connectivity index (χ0) is 79.4. The Bertz CT molecular complexity index is 2610. The maximum atomic E-state index is 13.0. The van der Waals surface area contributed by atoms with Crippen molar-refractivity contribution in [2.75, 3.05) is 39.6 Å². The van der Waals surface area contributed by atoms with Crippen molar-refractivity contribution in [3.63, 3.8) is 0 Å². The Hall–Kier alpha value is -4.83. The Morgan fingerprint density at radius 3 is 0.798 bits per heavy atom. The summed E-state index contributed by atoms with van der Waals surface area (Å²) >= 11 is 0. The van der Waals surface area contributed by atoms with Crippen LogP contribution in [-0.4, -0.2) is 95.9 Å². The molecule has 0 spiro atoms. The first kappa shape index (κ1) is 104. The predicted molar refractivity (Wildman–Crippen MR) is 454 cm³/mol. The van der Waals surface area contributed by atoms with Crippen molar-refractivity contribution in [1.82, 2.24) is 0 Å². The molecule has 0 fully saturated rings. The van der Waals surface area contributed by atoms with Crippen molar-refractivity contribution >= 4 is 33.6 Å². The lowest BCUT2D eigenvalue weighted by Gasteiger charge is -2.21. The van der Waals surface area contributed by atoms with Crippen LogP contribution in [-0.2, 0) is 55.8 Å². The second-order valence-corrected chi connectivity index (χ2v) is 31.2. The van der Waals surface area contributed by atoms with Gasteiger partial charge in [-0.05, 0) is 148 Å². The monoisotopic (exact) mass is 1570 g/mol. The maximum Gasteiger partial charge on any atom is 0.472 e. The highest BCUT2D eigenvalue weighted by atomic mass is 31.2. The molecule has 0 saturated carbocycles. The van der Waals surface area contributed by atoms with Crippen LogP contribution in [0.5, 0.6) is 0 Å². The third kappa shape index (κ3) is 83.9. The van der Waals surface area contributed by atoms with Gasteiger partial charge >= 0.3 is 33.6 Å². The van der Waals surface area contributed by atoms with E-state index in [4.69, 9.17) is 32.3 Å². The molecule has 5 unspecified atom stereocenters.